The Morgan fingerprint density at radius 1 is 1.36 bits per heavy atom. The number of aromatic nitrogens is 1. The second kappa shape index (κ2) is 8.73. The Morgan fingerprint density at radius 2 is 2.23 bits per heavy atom. The molecule has 0 aliphatic heterocycles. The van der Waals surface area contributed by atoms with E-state index in [2.05, 4.69) is 27.5 Å². The van der Waals surface area contributed by atoms with Crippen LogP contribution in [0.3, 0.4) is 0 Å². The van der Waals surface area contributed by atoms with Crippen LogP contribution < -0.4 is 10.6 Å². The van der Waals surface area contributed by atoms with Gasteiger partial charge in [0.25, 0.3) is 0 Å². The van der Waals surface area contributed by atoms with Gasteiger partial charge in [-0.3, -0.25) is 4.98 Å². The Kier molecular flexibility index (Phi) is 6.65. The molecule has 1 heterocycles. The largest absolute Gasteiger partial charge is 0.385 e. The Balaban J connectivity index is 1.87. The maximum atomic E-state index is 5.25. The van der Waals surface area contributed by atoms with Crippen LogP contribution in [0.5, 0.6) is 0 Å². The van der Waals surface area contributed by atoms with Gasteiger partial charge >= 0.3 is 0 Å². The Hall–Kier alpha value is -1.62. The maximum absolute atomic E-state index is 5.25. The third kappa shape index (κ3) is 4.98. The lowest BCUT2D eigenvalue weighted by molar-refractivity contribution is 0.0732. The summed E-state index contributed by atoms with van der Waals surface area (Å²) in [5.41, 5.74) is 1.37. The van der Waals surface area contributed by atoms with Crippen LogP contribution in [0.4, 0.5) is 0 Å². The zero-order valence-corrected chi connectivity index (χ0v) is 13.8. The van der Waals surface area contributed by atoms with E-state index >= 15 is 0 Å². The fourth-order valence-corrected chi connectivity index (χ4v) is 2.78. The molecular weight excluding hydrogens is 276 g/mol. The molecule has 1 aromatic rings. The predicted octanol–water partition coefficient (Wildman–Crippen LogP) is 2.34. The first-order valence-electron chi connectivity index (χ1n) is 8.19. The smallest absolute Gasteiger partial charge is 0.191 e. The summed E-state index contributed by atoms with van der Waals surface area (Å²) in [6.07, 6.45) is 6.81. The molecule has 0 bridgehead atoms. The highest BCUT2D eigenvalue weighted by atomic mass is 16.5. The summed E-state index contributed by atoms with van der Waals surface area (Å²) < 4.78 is 5.25. The Morgan fingerprint density at radius 3 is 2.82 bits per heavy atom. The van der Waals surface area contributed by atoms with Gasteiger partial charge in [0.2, 0.25) is 0 Å². The van der Waals surface area contributed by atoms with Crippen LogP contribution in [0, 0.1) is 5.41 Å². The van der Waals surface area contributed by atoms with Crippen molar-refractivity contribution in [3.8, 4) is 0 Å². The first kappa shape index (κ1) is 16.7. The molecule has 0 atom stereocenters. The molecule has 0 aromatic carbocycles. The monoisotopic (exact) mass is 304 g/mol. The van der Waals surface area contributed by atoms with Crippen molar-refractivity contribution in [2.24, 2.45) is 10.4 Å². The van der Waals surface area contributed by atoms with Crippen molar-refractivity contribution in [1.82, 2.24) is 15.6 Å². The number of pyridine rings is 1. The summed E-state index contributed by atoms with van der Waals surface area (Å²) in [5.74, 6) is 0.872. The Labute approximate surface area is 133 Å². The van der Waals surface area contributed by atoms with Crippen molar-refractivity contribution in [2.75, 3.05) is 26.8 Å². The van der Waals surface area contributed by atoms with E-state index in [4.69, 9.17) is 4.74 Å². The van der Waals surface area contributed by atoms with Gasteiger partial charge in [0.15, 0.2) is 5.96 Å². The number of nitrogens with one attached hydrogen (secondary N) is 2. The number of methoxy groups -OCH3 is 1. The number of aliphatic imine (C=N–C) groups is 1. The minimum absolute atomic E-state index is 0.386. The van der Waals surface area contributed by atoms with Crippen LogP contribution in [0.2, 0.25) is 0 Å². The van der Waals surface area contributed by atoms with E-state index in [0.717, 1.165) is 37.8 Å². The number of guanidine groups is 1. The first-order valence-corrected chi connectivity index (χ1v) is 8.19. The fourth-order valence-electron chi connectivity index (χ4n) is 2.78. The minimum atomic E-state index is 0.386. The van der Waals surface area contributed by atoms with Gasteiger partial charge < -0.3 is 15.4 Å². The molecule has 22 heavy (non-hydrogen) atoms. The van der Waals surface area contributed by atoms with E-state index in [0.29, 0.717) is 12.0 Å². The van der Waals surface area contributed by atoms with Crippen LogP contribution >= 0.6 is 0 Å². The molecule has 1 fully saturated rings. The lowest BCUT2D eigenvalue weighted by Crippen LogP contribution is -2.47. The van der Waals surface area contributed by atoms with Crippen LogP contribution in [-0.2, 0) is 11.3 Å². The van der Waals surface area contributed by atoms with Gasteiger partial charge in [-0.2, -0.15) is 0 Å². The lowest BCUT2D eigenvalue weighted by Gasteiger charge is -2.42. The van der Waals surface area contributed by atoms with Crippen LogP contribution in [0.25, 0.3) is 0 Å². The van der Waals surface area contributed by atoms with E-state index < -0.39 is 0 Å². The summed E-state index contributed by atoms with van der Waals surface area (Å²) in [6.45, 7) is 5.34. The molecule has 1 aromatic heterocycles. The number of ether oxygens (including phenoxy) is 1. The van der Waals surface area contributed by atoms with E-state index in [-0.39, 0.29) is 0 Å². The minimum Gasteiger partial charge on any atom is -0.385 e. The normalized spacial score (nSPS) is 16.9. The summed E-state index contributed by atoms with van der Waals surface area (Å²) in [6, 6.07) is 5.91. The van der Waals surface area contributed by atoms with E-state index in [9.17, 15) is 0 Å². The van der Waals surface area contributed by atoms with Gasteiger partial charge in [-0.25, -0.2) is 4.99 Å². The quantitative estimate of drug-likeness (QED) is 0.572. The number of hydrogen-bond donors (Lipinski definition) is 2. The van der Waals surface area contributed by atoms with Crippen LogP contribution in [0.1, 0.15) is 38.3 Å². The molecular formula is C17H28N4O. The van der Waals surface area contributed by atoms with Crippen molar-refractivity contribution in [1.29, 1.82) is 0 Å². The van der Waals surface area contributed by atoms with Crippen molar-refractivity contribution in [3.05, 3.63) is 30.1 Å². The fraction of sp³-hybridized carbons (Fsp3) is 0.647. The molecule has 122 valence electrons. The van der Waals surface area contributed by atoms with Crippen molar-refractivity contribution >= 4 is 5.96 Å². The summed E-state index contributed by atoms with van der Waals surface area (Å²) in [4.78, 5) is 8.93. The van der Waals surface area contributed by atoms with E-state index in [1.807, 2.05) is 18.2 Å². The molecule has 0 unspecified atom stereocenters. The predicted molar refractivity (Wildman–Crippen MR) is 89.8 cm³/mol. The molecule has 0 spiro atoms. The van der Waals surface area contributed by atoms with Gasteiger partial charge in [-0.15, -0.1) is 0 Å². The molecule has 2 rings (SSSR count). The van der Waals surface area contributed by atoms with Gasteiger partial charge in [0.05, 0.1) is 12.2 Å². The zero-order chi connectivity index (χ0) is 15.7. The molecule has 0 radical (unpaired) electrons. The zero-order valence-electron chi connectivity index (χ0n) is 13.8. The first-order chi connectivity index (χ1) is 10.8. The van der Waals surface area contributed by atoms with Crippen LogP contribution in [-0.4, -0.2) is 37.7 Å². The molecule has 5 heteroatoms. The topological polar surface area (TPSA) is 58.5 Å². The van der Waals surface area contributed by atoms with E-state index in [1.165, 1.54) is 19.3 Å². The average molecular weight is 304 g/mol. The number of rotatable bonds is 8. The lowest BCUT2D eigenvalue weighted by atomic mass is 9.67. The van der Waals surface area contributed by atoms with Crippen molar-refractivity contribution in [3.63, 3.8) is 0 Å². The average Bonchev–Trinajstić information content (AvgIpc) is 2.52. The second-order valence-corrected chi connectivity index (χ2v) is 5.97. The number of nitrogens with zero attached hydrogens (tertiary/aromatic N) is 2. The molecule has 0 saturated heterocycles. The number of hydrogen-bond acceptors (Lipinski definition) is 3. The van der Waals surface area contributed by atoms with Crippen molar-refractivity contribution < 1.29 is 4.74 Å². The third-order valence-corrected chi connectivity index (χ3v) is 4.35. The summed E-state index contributed by atoms with van der Waals surface area (Å²) in [7, 11) is 1.78. The molecule has 5 nitrogen and oxygen atoms in total. The van der Waals surface area contributed by atoms with E-state index in [1.54, 1.807) is 13.3 Å². The van der Waals surface area contributed by atoms with Gasteiger partial charge in [-0.1, -0.05) is 12.5 Å². The van der Waals surface area contributed by atoms with Gasteiger partial charge in [-0.05, 0) is 43.7 Å². The highest BCUT2D eigenvalue weighted by Crippen LogP contribution is 2.43. The highest BCUT2D eigenvalue weighted by molar-refractivity contribution is 5.79. The maximum Gasteiger partial charge on any atom is 0.191 e. The van der Waals surface area contributed by atoms with Gasteiger partial charge in [0.1, 0.15) is 0 Å². The molecule has 2 N–H and O–H groups in total. The summed E-state index contributed by atoms with van der Waals surface area (Å²) >= 11 is 0. The molecule has 0 amide bonds. The van der Waals surface area contributed by atoms with Gasteiger partial charge in [0, 0.05) is 33.0 Å². The second-order valence-electron chi connectivity index (χ2n) is 5.97. The SMILES string of the molecule is CCNC(=NCc1ccccn1)NCC1(CCOC)CCC1. The highest BCUT2D eigenvalue weighted by Gasteiger charge is 2.36. The summed E-state index contributed by atoms with van der Waals surface area (Å²) in [5, 5.41) is 6.81. The standard InChI is InChI=1S/C17H28N4O/c1-3-18-16(20-13-15-7-4-5-11-19-15)21-14-17(8-6-9-17)10-12-22-2/h4-5,7,11H,3,6,8-10,12-14H2,1-2H3,(H2,18,20,21). The molecule has 1 saturated carbocycles. The Bertz CT molecular complexity index is 457. The van der Waals surface area contributed by atoms with Crippen LogP contribution in [0.15, 0.2) is 29.4 Å². The van der Waals surface area contributed by atoms with Crippen molar-refractivity contribution in [2.45, 2.75) is 39.2 Å². The molecule has 1 aliphatic carbocycles. The molecule has 1 aliphatic rings. The third-order valence-electron chi connectivity index (χ3n) is 4.35.